The van der Waals surface area contributed by atoms with Crippen LogP contribution in [-0.2, 0) is 4.79 Å². The highest BCUT2D eigenvalue weighted by Crippen LogP contribution is 2.36. The minimum absolute atomic E-state index is 0.343. The van der Waals surface area contributed by atoms with Crippen LogP contribution in [0.25, 0.3) is 0 Å². The molecule has 0 aromatic rings. The first-order chi connectivity index (χ1) is 4.57. The van der Waals surface area contributed by atoms with Gasteiger partial charge in [0.2, 0.25) is 0 Å². The monoisotopic (exact) mass is 159 g/mol. The first kappa shape index (κ1) is 7.63. The summed E-state index contributed by atoms with van der Waals surface area (Å²) in [5.74, 6) is -0.860. The van der Waals surface area contributed by atoms with E-state index >= 15 is 0 Å². The lowest BCUT2D eigenvalue weighted by molar-refractivity contribution is -0.144. The Morgan fingerprint density at radius 2 is 2.50 bits per heavy atom. The molecule has 0 aliphatic carbocycles. The van der Waals surface area contributed by atoms with Crippen molar-refractivity contribution in [2.75, 3.05) is 0 Å². The highest BCUT2D eigenvalue weighted by atomic mass is 32.2. The van der Waals surface area contributed by atoms with Gasteiger partial charge in [-0.25, -0.2) is 0 Å². The van der Waals surface area contributed by atoms with Gasteiger partial charge in [0.1, 0.15) is 5.41 Å². The van der Waals surface area contributed by atoms with Gasteiger partial charge in [-0.3, -0.25) is 4.79 Å². The second-order valence-electron chi connectivity index (χ2n) is 2.45. The molecule has 1 aliphatic heterocycles. The van der Waals surface area contributed by atoms with E-state index in [1.165, 1.54) is 11.8 Å². The first-order valence-corrected chi connectivity index (χ1v) is 3.84. The summed E-state index contributed by atoms with van der Waals surface area (Å²) in [5, 5.41) is 10.1. The molecule has 0 spiro atoms. The summed E-state index contributed by atoms with van der Waals surface area (Å²) in [6.45, 7) is 1.62. The summed E-state index contributed by atoms with van der Waals surface area (Å²) < 4.78 is 0. The van der Waals surface area contributed by atoms with Crippen molar-refractivity contribution < 1.29 is 9.90 Å². The normalized spacial score (nSPS) is 38.4. The van der Waals surface area contributed by atoms with Crippen molar-refractivity contribution in [1.82, 2.24) is 0 Å². The van der Waals surface area contributed by atoms with Crippen LogP contribution >= 0.6 is 11.8 Å². The third-order valence-corrected chi connectivity index (χ3v) is 2.77. The van der Waals surface area contributed by atoms with E-state index in [1.807, 2.05) is 0 Å². The molecule has 56 valence electrons. The maximum atomic E-state index is 10.6. The smallest absolute Gasteiger partial charge is 0.315 e. The minimum Gasteiger partial charge on any atom is -0.481 e. The number of aliphatic carboxylic acids is 1. The molecule has 0 bridgehead atoms. The quantitative estimate of drug-likeness (QED) is 0.588. The largest absolute Gasteiger partial charge is 0.481 e. The Kier molecular flexibility index (Phi) is 1.74. The average Bonchev–Trinajstić information content (AvgIpc) is 2.15. The zero-order valence-electron chi connectivity index (χ0n) is 5.57. The fourth-order valence-corrected chi connectivity index (χ4v) is 1.69. The van der Waals surface area contributed by atoms with Crippen molar-refractivity contribution in [1.29, 1.82) is 0 Å². The molecule has 0 radical (unpaired) electrons. The van der Waals surface area contributed by atoms with Gasteiger partial charge in [0.25, 0.3) is 0 Å². The first-order valence-electron chi connectivity index (χ1n) is 2.89. The molecule has 1 rings (SSSR count). The molecule has 3 nitrogen and oxygen atoms in total. The molecule has 0 fully saturated rings. The predicted molar refractivity (Wildman–Crippen MR) is 40.4 cm³/mol. The van der Waals surface area contributed by atoms with Crippen LogP contribution in [0.1, 0.15) is 6.92 Å². The van der Waals surface area contributed by atoms with Crippen LogP contribution in [0, 0.1) is 5.41 Å². The molecule has 3 N–H and O–H groups in total. The molecule has 0 amide bonds. The van der Waals surface area contributed by atoms with Gasteiger partial charge in [-0.2, -0.15) is 0 Å². The Balaban J connectivity index is 2.85. The number of hydrogen-bond donors (Lipinski definition) is 2. The van der Waals surface area contributed by atoms with E-state index in [9.17, 15) is 4.79 Å². The van der Waals surface area contributed by atoms with Crippen LogP contribution < -0.4 is 5.73 Å². The van der Waals surface area contributed by atoms with E-state index in [1.54, 1.807) is 18.4 Å². The number of carboxylic acids is 1. The number of thioether (sulfide) groups is 1. The van der Waals surface area contributed by atoms with Crippen molar-refractivity contribution in [3.8, 4) is 0 Å². The fourth-order valence-electron chi connectivity index (χ4n) is 0.694. The Labute approximate surface area is 63.3 Å². The van der Waals surface area contributed by atoms with Crippen molar-refractivity contribution in [2.45, 2.75) is 12.3 Å². The van der Waals surface area contributed by atoms with Crippen molar-refractivity contribution in [3.05, 3.63) is 11.5 Å². The van der Waals surface area contributed by atoms with E-state index in [0.29, 0.717) is 0 Å². The lowest BCUT2D eigenvalue weighted by atomic mass is 9.91. The average molecular weight is 159 g/mol. The van der Waals surface area contributed by atoms with Crippen molar-refractivity contribution >= 4 is 17.7 Å². The maximum Gasteiger partial charge on any atom is 0.315 e. The molecule has 0 aromatic heterocycles. The highest BCUT2D eigenvalue weighted by molar-refractivity contribution is 8.03. The van der Waals surface area contributed by atoms with Gasteiger partial charge in [0.05, 0.1) is 5.37 Å². The summed E-state index contributed by atoms with van der Waals surface area (Å²) in [6.07, 6.45) is 1.63. The number of carbonyl (C=O) groups is 1. The molecule has 10 heavy (non-hydrogen) atoms. The molecule has 0 saturated heterocycles. The third-order valence-electron chi connectivity index (χ3n) is 1.69. The van der Waals surface area contributed by atoms with E-state index in [-0.39, 0.29) is 5.37 Å². The lowest BCUT2D eigenvalue weighted by Crippen LogP contribution is -2.39. The van der Waals surface area contributed by atoms with Gasteiger partial charge in [-0.05, 0) is 12.3 Å². The van der Waals surface area contributed by atoms with Gasteiger partial charge < -0.3 is 10.8 Å². The van der Waals surface area contributed by atoms with Crippen molar-refractivity contribution in [3.63, 3.8) is 0 Å². The molecule has 1 aliphatic rings. The van der Waals surface area contributed by atoms with E-state index in [0.717, 1.165) is 0 Å². The van der Waals surface area contributed by atoms with Crippen LogP contribution in [0.5, 0.6) is 0 Å². The second kappa shape index (κ2) is 2.29. The lowest BCUT2D eigenvalue weighted by Gasteiger charge is -2.20. The SMILES string of the molecule is CC1(C(=O)O)C=CSC1N. The number of nitrogens with two attached hydrogens (primary N) is 1. The van der Waals surface area contributed by atoms with Gasteiger partial charge in [0, 0.05) is 0 Å². The second-order valence-corrected chi connectivity index (χ2v) is 3.50. The van der Waals surface area contributed by atoms with Crippen LogP contribution in [0.2, 0.25) is 0 Å². The van der Waals surface area contributed by atoms with Gasteiger partial charge >= 0.3 is 5.97 Å². The molecular formula is C6H9NO2S. The van der Waals surface area contributed by atoms with Crippen molar-refractivity contribution in [2.24, 2.45) is 11.1 Å². The number of rotatable bonds is 1. The summed E-state index contributed by atoms with van der Waals surface area (Å²) in [5.41, 5.74) is 4.66. The highest BCUT2D eigenvalue weighted by Gasteiger charge is 2.40. The number of hydrogen-bond acceptors (Lipinski definition) is 3. The summed E-state index contributed by atoms with van der Waals surface area (Å²) in [4.78, 5) is 10.6. The van der Waals surface area contributed by atoms with E-state index in [2.05, 4.69) is 0 Å². The topological polar surface area (TPSA) is 63.3 Å². The van der Waals surface area contributed by atoms with E-state index < -0.39 is 11.4 Å². The predicted octanol–water partition coefficient (Wildman–Crippen LogP) is 0.623. The van der Waals surface area contributed by atoms with Crippen LogP contribution in [-0.4, -0.2) is 16.4 Å². The zero-order chi connectivity index (χ0) is 7.78. The maximum absolute atomic E-state index is 10.6. The number of carboxylic acid groups (broad SMARTS) is 1. The molecule has 1 heterocycles. The van der Waals surface area contributed by atoms with Gasteiger partial charge in [-0.15, -0.1) is 11.8 Å². The van der Waals surface area contributed by atoms with Crippen LogP contribution in [0.4, 0.5) is 0 Å². The molecule has 4 heteroatoms. The molecule has 0 saturated carbocycles. The molecule has 0 aromatic carbocycles. The summed E-state index contributed by atoms with van der Waals surface area (Å²) in [6, 6.07) is 0. The Bertz CT molecular complexity index is 192. The Morgan fingerprint density at radius 3 is 2.70 bits per heavy atom. The Morgan fingerprint density at radius 1 is 1.90 bits per heavy atom. The standard InChI is InChI=1S/C6H9NO2S/c1-6(5(8)9)2-3-10-4(6)7/h2-4H,7H2,1H3,(H,8,9). The van der Waals surface area contributed by atoms with Gasteiger partial charge in [0.15, 0.2) is 0 Å². The Hall–Kier alpha value is -0.480. The van der Waals surface area contributed by atoms with E-state index in [4.69, 9.17) is 10.8 Å². The zero-order valence-corrected chi connectivity index (χ0v) is 6.39. The molecule has 2 unspecified atom stereocenters. The van der Waals surface area contributed by atoms with Gasteiger partial charge in [-0.1, -0.05) is 6.08 Å². The summed E-state index contributed by atoms with van der Waals surface area (Å²) in [7, 11) is 0. The van der Waals surface area contributed by atoms with Crippen LogP contribution in [0.15, 0.2) is 11.5 Å². The molecule has 2 atom stereocenters. The molecular weight excluding hydrogens is 150 g/mol. The fraction of sp³-hybridized carbons (Fsp3) is 0.500. The third kappa shape index (κ3) is 0.932. The van der Waals surface area contributed by atoms with Crippen LogP contribution in [0.3, 0.4) is 0 Å². The minimum atomic E-state index is -0.870. The summed E-state index contributed by atoms with van der Waals surface area (Å²) >= 11 is 1.35.